The molecule has 0 spiro atoms. The lowest BCUT2D eigenvalue weighted by atomic mass is 9.68. The highest BCUT2D eigenvalue weighted by molar-refractivity contribution is 5.22. The summed E-state index contributed by atoms with van der Waals surface area (Å²) in [6, 6.07) is 12.0. The Balaban J connectivity index is 1.59. The number of ether oxygens (including phenoxy) is 1. The number of rotatable bonds is 3. The van der Waals surface area contributed by atoms with Gasteiger partial charge in [0.15, 0.2) is 6.35 Å². The van der Waals surface area contributed by atoms with E-state index in [1.165, 1.54) is 37.7 Å². The van der Waals surface area contributed by atoms with Crippen LogP contribution in [0.5, 0.6) is 0 Å². The van der Waals surface area contributed by atoms with Crippen molar-refractivity contribution in [2.75, 3.05) is 6.61 Å². The van der Waals surface area contributed by atoms with E-state index in [1.807, 2.05) is 0 Å². The zero-order valence-electron chi connectivity index (χ0n) is 13.5. The fourth-order valence-corrected chi connectivity index (χ4v) is 5.10. The summed E-state index contributed by atoms with van der Waals surface area (Å²) >= 11 is 0. The van der Waals surface area contributed by atoms with Crippen molar-refractivity contribution >= 4 is 0 Å². The molecule has 6 atom stereocenters. The monoisotopic (exact) mass is 300 g/mol. The van der Waals surface area contributed by atoms with Gasteiger partial charge in [0, 0.05) is 18.7 Å². The maximum Gasteiger partial charge on any atom is 0.164 e. The molecular formula is C19H28N2O. The summed E-state index contributed by atoms with van der Waals surface area (Å²) in [6.45, 7) is 2.82. The van der Waals surface area contributed by atoms with E-state index in [1.54, 1.807) is 0 Å². The highest BCUT2D eigenvalue weighted by Gasteiger charge is 2.46. The standard InChI is InChI=1S/C19H28N2O/c1-2-22-19-20-17-12-15-10-6-9-14(15)11-16(17)18(21-19)13-7-4-3-5-8-13/h3-5,7-8,14-21H,2,6,9-12H2,1H3. The molecule has 3 nitrogen and oxygen atoms in total. The lowest BCUT2D eigenvalue weighted by molar-refractivity contribution is -0.0599. The highest BCUT2D eigenvalue weighted by Crippen LogP contribution is 2.48. The van der Waals surface area contributed by atoms with Gasteiger partial charge in [0.25, 0.3) is 0 Å². The van der Waals surface area contributed by atoms with Gasteiger partial charge in [-0.25, -0.2) is 0 Å². The third-order valence-corrected chi connectivity index (χ3v) is 6.08. The van der Waals surface area contributed by atoms with Crippen LogP contribution in [0.3, 0.4) is 0 Å². The Kier molecular flexibility index (Phi) is 4.21. The Bertz CT molecular complexity index is 491. The first-order chi connectivity index (χ1) is 10.8. The molecule has 0 radical (unpaired) electrons. The van der Waals surface area contributed by atoms with Crippen LogP contribution in [0.2, 0.25) is 0 Å². The van der Waals surface area contributed by atoms with Crippen molar-refractivity contribution in [3.8, 4) is 0 Å². The molecule has 1 aromatic carbocycles. The molecule has 3 fully saturated rings. The molecule has 0 aromatic heterocycles. The predicted octanol–water partition coefficient (Wildman–Crippen LogP) is 3.44. The first-order valence-electron chi connectivity index (χ1n) is 9.04. The van der Waals surface area contributed by atoms with Gasteiger partial charge in [-0.15, -0.1) is 0 Å². The first kappa shape index (κ1) is 14.7. The molecule has 3 aliphatic rings. The fraction of sp³-hybridized carbons (Fsp3) is 0.684. The van der Waals surface area contributed by atoms with Crippen molar-refractivity contribution in [1.29, 1.82) is 0 Å². The SMILES string of the molecule is CCOC1NC2CC3CCCC3CC2C(c2ccccc2)N1. The molecule has 0 amide bonds. The zero-order chi connectivity index (χ0) is 14.9. The Hall–Kier alpha value is -0.900. The molecule has 2 N–H and O–H groups in total. The molecule has 1 saturated heterocycles. The number of hydrogen-bond acceptors (Lipinski definition) is 3. The Morgan fingerprint density at radius 3 is 2.59 bits per heavy atom. The third kappa shape index (κ3) is 2.70. The molecule has 120 valence electrons. The summed E-state index contributed by atoms with van der Waals surface area (Å²) in [4.78, 5) is 0. The van der Waals surface area contributed by atoms with Crippen molar-refractivity contribution in [2.24, 2.45) is 17.8 Å². The molecule has 3 heteroatoms. The van der Waals surface area contributed by atoms with Gasteiger partial charge in [0.1, 0.15) is 0 Å². The van der Waals surface area contributed by atoms with Crippen molar-refractivity contribution in [3.63, 3.8) is 0 Å². The van der Waals surface area contributed by atoms with E-state index in [2.05, 4.69) is 47.9 Å². The second kappa shape index (κ2) is 6.31. The third-order valence-electron chi connectivity index (χ3n) is 6.08. The minimum absolute atomic E-state index is 0.00518. The molecule has 1 aliphatic heterocycles. The Labute approximate surface area is 133 Å². The summed E-state index contributed by atoms with van der Waals surface area (Å²) in [5.74, 6) is 2.60. The first-order valence-corrected chi connectivity index (χ1v) is 9.04. The molecule has 6 unspecified atom stereocenters. The maximum absolute atomic E-state index is 5.87. The van der Waals surface area contributed by atoms with E-state index in [0.717, 1.165) is 18.4 Å². The predicted molar refractivity (Wildman–Crippen MR) is 88.2 cm³/mol. The summed E-state index contributed by atoms with van der Waals surface area (Å²) in [5.41, 5.74) is 1.42. The lowest BCUT2D eigenvalue weighted by Gasteiger charge is -2.49. The number of hydrogen-bond donors (Lipinski definition) is 2. The Morgan fingerprint density at radius 2 is 1.82 bits per heavy atom. The highest BCUT2D eigenvalue weighted by atomic mass is 16.5. The van der Waals surface area contributed by atoms with Crippen molar-refractivity contribution < 1.29 is 4.74 Å². The van der Waals surface area contributed by atoms with Crippen molar-refractivity contribution in [3.05, 3.63) is 35.9 Å². The van der Waals surface area contributed by atoms with Crippen LogP contribution in [0.1, 0.15) is 50.6 Å². The number of benzene rings is 1. The van der Waals surface area contributed by atoms with Crippen LogP contribution >= 0.6 is 0 Å². The summed E-state index contributed by atoms with van der Waals surface area (Å²) in [5, 5.41) is 7.45. The van der Waals surface area contributed by atoms with Crippen molar-refractivity contribution in [1.82, 2.24) is 10.6 Å². The summed E-state index contributed by atoms with van der Waals surface area (Å²) in [6.07, 6.45) is 7.03. The van der Waals surface area contributed by atoms with Crippen molar-refractivity contribution in [2.45, 2.75) is 57.5 Å². The van der Waals surface area contributed by atoms with Crippen LogP contribution in [-0.4, -0.2) is 19.0 Å². The largest absolute Gasteiger partial charge is 0.350 e. The topological polar surface area (TPSA) is 33.3 Å². The van der Waals surface area contributed by atoms with Gasteiger partial charge in [-0.3, -0.25) is 10.6 Å². The summed E-state index contributed by atoms with van der Waals surface area (Å²) in [7, 11) is 0. The van der Waals surface area contributed by atoms with Gasteiger partial charge in [-0.1, -0.05) is 49.6 Å². The molecule has 22 heavy (non-hydrogen) atoms. The molecule has 2 aliphatic carbocycles. The van der Waals surface area contributed by atoms with Crippen LogP contribution < -0.4 is 10.6 Å². The molecule has 1 aromatic rings. The average molecular weight is 300 g/mol. The Morgan fingerprint density at radius 1 is 1.05 bits per heavy atom. The van der Waals surface area contributed by atoms with E-state index in [9.17, 15) is 0 Å². The minimum atomic E-state index is -0.00518. The molecule has 0 bridgehead atoms. The fourth-order valence-electron chi connectivity index (χ4n) is 5.10. The maximum atomic E-state index is 5.87. The van der Waals surface area contributed by atoms with Gasteiger partial charge in [0.2, 0.25) is 0 Å². The van der Waals surface area contributed by atoms with E-state index in [4.69, 9.17) is 4.74 Å². The van der Waals surface area contributed by atoms with Crippen LogP contribution in [0.15, 0.2) is 30.3 Å². The van der Waals surface area contributed by atoms with Gasteiger partial charge in [0.05, 0.1) is 0 Å². The van der Waals surface area contributed by atoms with Gasteiger partial charge >= 0.3 is 0 Å². The number of fused-ring (bicyclic) bond motifs is 2. The second-order valence-electron chi connectivity index (χ2n) is 7.25. The number of nitrogens with one attached hydrogen (secondary N) is 2. The van der Waals surface area contributed by atoms with E-state index >= 15 is 0 Å². The quantitative estimate of drug-likeness (QED) is 0.897. The van der Waals surface area contributed by atoms with E-state index in [0.29, 0.717) is 18.0 Å². The van der Waals surface area contributed by atoms with Crippen LogP contribution in [-0.2, 0) is 4.74 Å². The molecular weight excluding hydrogens is 272 g/mol. The second-order valence-corrected chi connectivity index (χ2v) is 7.25. The lowest BCUT2D eigenvalue weighted by Crippen LogP contribution is -2.62. The molecule has 1 heterocycles. The minimum Gasteiger partial charge on any atom is -0.350 e. The van der Waals surface area contributed by atoms with E-state index in [-0.39, 0.29) is 6.35 Å². The van der Waals surface area contributed by atoms with Crippen LogP contribution in [0.4, 0.5) is 0 Å². The van der Waals surface area contributed by atoms with Gasteiger partial charge in [-0.2, -0.15) is 0 Å². The van der Waals surface area contributed by atoms with Gasteiger partial charge < -0.3 is 4.74 Å². The normalized spacial score (nSPS) is 41.0. The smallest absolute Gasteiger partial charge is 0.164 e. The molecule has 4 rings (SSSR count). The van der Waals surface area contributed by atoms with Crippen LogP contribution in [0, 0.1) is 17.8 Å². The van der Waals surface area contributed by atoms with Crippen LogP contribution in [0.25, 0.3) is 0 Å². The zero-order valence-corrected chi connectivity index (χ0v) is 13.5. The summed E-state index contributed by atoms with van der Waals surface area (Å²) < 4.78 is 5.87. The van der Waals surface area contributed by atoms with E-state index < -0.39 is 0 Å². The van der Waals surface area contributed by atoms with Gasteiger partial charge in [-0.05, 0) is 43.1 Å². The molecule has 2 saturated carbocycles. The average Bonchev–Trinajstić information content (AvgIpc) is 3.00.